The molecule has 3 unspecified atom stereocenters. The minimum Gasteiger partial charge on any atom is -0.508 e. The molecule has 0 saturated heterocycles. The minimum atomic E-state index is -0.585. The summed E-state index contributed by atoms with van der Waals surface area (Å²) in [5, 5.41) is 20.2. The summed E-state index contributed by atoms with van der Waals surface area (Å²) in [7, 11) is 0. The molecule has 5 aliphatic carbocycles. The number of aromatic hydroxyl groups is 1. The Morgan fingerprint density at radius 3 is 2.23 bits per heavy atom. The number of benzene rings is 1. The van der Waals surface area contributed by atoms with Gasteiger partial charge in [0.15, 0.2) is 0 Å². The molecule has 0 radical (unpaired) electrons. The van der Waals surface area contributed by atoms with E-state index >= 15 is 0 Å². The largest absolute Gasteiger partial charge is 0.508 e. The third kappa shape index (κ3) is 4.37. The molecule has 240 valence electrons. The van der Waals surface area contributed by atoms with Crippen LogP contribution < -0.4 is 0 Å². The first-order valence-corrected chi connectivity index (χ1v) is 17.2. The second-order valence-corrected chi connectivity index (χ2v) is 16.9. The Morgan fingerprint density at radius 2 is 1.57 bits per heavy atom. The molecule has 0 amide bonds. The van der Waals surface area contributed by atoms with Crippen molar-refractivity contribution in [2.24, 2.45) is 56.7 Å². The number of phenolic OH excluding ortho intramolecular Hbond substituents is 1. The van der Waals surface area contributed by atoms with Gasteiger partial charge in [-0.25, -0.2) is 4.79 Å². The zero-order valence-electron chi connectivity index (χ0n) is 27.8. The van der Waals surface area contributed by atoms with Gasteiger partial charge in [0, 0.05) is 11.5 Å². The van der Waals surface area contributed by atoms with Crippen LogP contribution in [0.15, 0.2) is 42.5 Å². The summed E-state index contributed by atoms with van der Waals surface area (Å²) in [4.78, 5) is 25.9. The SMILES string of the molecule is C=C(C)[C@@H]1CC[C@]2(C(=O)O)CC[C@]3(C)C(CC[C@@H]4[C@@]5(C)CC[C@H](OC(=O)/C=C\c6ccc(O)cc6)C(C)(C)C5CC[C@]43C)C12. The van der Waals surface area contributed by atoms with Crippen molar-refractivity contribution in [3.63, 3.8) is 0 Å². The average Bonchev–Trinajstić information content (AvgIpc) is 3.36. The summed E-state index contributed by atoms with van der Waals surface area (Å²) in [5.74, 6) is 1.29. The molecular formula is C39H54O5. The maximum Gasteiger partial charge on any atom is 0.331 e. The van der Waals surface area contributed by atoms with Gasteiger partial charge in [0.2, 0.25) is 0 Å². The molecule has 0 aromatic heterocycles. The number of hydrogen-bond donors (Lipinski definition) is 2. The highest BCUT2D eigenvalue weighted by molar-refractivity contribution is 5.87. The van der Waals surface area contributed by atoms with Crippen molar-refractivity contribution in [2.75, 3.05) is 0 Å². The lowest BCUT2D eigenvalue weighted by Gasteiger charge is -2.72. The number of esters is 1. The number of carbonyl (C=O) groups excluding carboxylic acids is 1. The number of phenols is 1. The number of carbonyl (C=O) groups is 2. The standard InChI is InChI=1S/C39H54O5/c1-24(2)27-16-21-39(34(42)43)23-22-37(6)28(33(27)39)13-14-30-36(5)19-18-31(35(3,4)29(36)17-20-38(30,37)7)44-32(41)15-10-25-8-11-26(40)12-9-25/h8-12,15,27-31,33,40H,1,13-14,16-23H2,2-7H3,(H,42,43)/b15-10-/t27-,28?,29?,30+,31-,33?,36-,37+,38+,39-/m0/s1. The van der Waals surface area contributed by atoms with E-state index in [0.29, 0.717) is 23.7 Å². The number of rotatable bonds is 5. The highest BCUT2D eigenvalue weighted by Crippen LogP contribution is 2.77. The third-order valence-corrected chi connectivity index (χ3v) is 15.0. The Hall–Kier alpha value is -2.56. The molecule has 1 aromatic rings. The van der Waals surface area contributed by atoms with Crippen LogP contribution in [0.25, 0.3) is 6.08 Å². The van der Waals surface area contributed by atoms with Crippen molar-refractivity contribution in [3.05, 3.63) is 48.1 Å². The molecule has 0 heterocycles. The monoisotopic (exact) mass is 602 g/mol. The molecule has 1 aromatic carbocycles. The smallest absolute Gasteiger partial charge is 0.331 e. The van der Waals surface area contributed by atoms with Crippen LogP contribution in [-0.2, 0) is 14.3 Å². The van der Waals surface area contributed by atoms with Crippen molar-refractivity contribution < 1.29 is 24.5 Å². The quantitative estimate of drug-likeness (QED) is 0.200. The Bertz CT molecular complexity index is 1360. The van der Waals surface area contributed by atoms with Gasteiger partial charge in [-0.15, -0.1) is 0 Å². The Morgan fingerprint density at radius 1 is 0.864 bits per heavy atom. The van der Waals surface area contributed by atoms with Crippen LogP contribution in [0, 0.1) is 56.7 Å². The number of hydrogen-bond acceptors (Lipinski definition) is 4. The summed E-state index contributed by atoms with van der Waals surface area (Å²) in [6.45, 7) is 18.8. The Labute approximate surface area is 264 Å². The van der Waals surface area contributed by atoms with Gasteiger partial charge in [0.1, 0.15) is 11.9 Å². The van der Waals surface area contributed by atoms with Gasteiger partial charge >= 0.3 is 11.9 Å². The fourth-order valence-corrected chi connectivity index (χ4v) is 12.6. The lowest BCUT2D eigenvalue weighted by atomic mass is 9.32. The molecule has 10 atom stereocenters. The lowest BCUT2D eigenvalue weighted by molar-refractivity contribution is -0.250. The number of carboxylic acids is 1. The first-order valence-electron chi connectivity index (χ1n) is 17.2. The van der Waals surface area contributed by atoms with E-state index in [2.05, 4.69) is 48.1 Å². The van der Waals surface area contributed by atoms with Crippen LogP contribution in [0.5, 0.6) is 5.75 Å². The molecule has 5 aliphatic rings. The molecule has 5 fully saturated rings. The van der Waals surface area contributed by atoms with Crippen LogP contribution in [0.2, 0.25) is 0 Å². The number of fused-ring (bicyclic) bond motifs is 7. The molecule has 5 heteroatoms. The number of carboxylic acid groups (broad SMARTS) is 1. The molecule has 44 heavy (non-hydrogen) atoms. The molecule has 5 saturated carbocycles. The Balaban J connectivity index is 1.24. The average molecular weight is 603 g/mol. The summed E-state index contributed by atoms with van der Waals surface area (Å²) in [5.41, 5.74) is 1.71. The van der Waals surface area contributed by atoms with E-state index in [1.807, 2.05) is 0 Å². The lowest BCUT2D eigenvalue weighted by Crippen LogP contribution is -2.67. The predicted molar refractivity (Wildman–Crippen MR) is 174 cm³/mol. The van der Waals surface area contributed by atoms with Gasteiger partial charge in [-0.05, 0) is 141 Å². The molecule has 6 rings (SSSR count). The maximum atomic E-state index is 13.0. The van der Waals surface area contributed by atoms with Crippen molar-refractivity contribution in [3.8, 4) is 5.75 Å². The third-order valence-electron chi connectivity index (χ3n) is 15.0. The number of ether oxygens (including phenoxy) is 1. The number of allylic oxidation sites excluding steroid dienone is 1. The van der Waals surface area contributed by atoms with Gasteiger partial charge in [-0.3, -0.25) is 4.79 Å². The van der Waals surface area contributed by atoms with E-state index in [-0.39, 0.29) is 45.4 Å². The van der Waals surface area contributed by atoms with E-state index in [1.54, 1.807) is 30.3 Å². The summed E-state index contributed by atoms with van der Waals surface area (Å²) in [6, 6.07) is 6.79. The fraction of sp³-hybridized carbons (Fsp3) is 0.692. The highest BCUT2D eigenvalue weighted by atomic mass is 16.5. The zero-order chi connectivity index (χ0) is 31.9. The van der Waals surface area contributed by atoms with Crippen LogP contribution in [-0.4, -0.2) is 28.3 Å². The van der Waals surface area contributed by atoms with Gasteiger partial charge in [-0.2, -0.15) is 0 Å². The zero-order valence-corrected chi connectivity index (χ0v) is 27.8. The Kier molecular flexibility index (Phi) is 7.49. The maximum absolute atomic E-state index is 13.0. The molecule has 0 aliphatic heterocycles. The minimum absolute atomic E-state index is 0.109. The van der Waals surface area contributed by atoms with E-state index in [0.717, 1.165) is 69.8 Å². The van der Waals surface area contributed by atoms with E-state index in [4.69, 9.17) is 4.74 Å². The van der Waals surface area contributed by atoms with Gasteiger partial charge in [-0.1, -0.05) is 58.9 Å². The van der Waals surface area contributed by atoms with Crippen molar-refractivity contribution in [2.45, 2.75) is 112 Å². The van der Waals surface area contributed by atoms with Crippen LogP contribution in [0.1, 0.15) is 111 Å². The van der Waals surface area contributed by atoms with Crippen molar-refractivity contribution in [1.29, 1.82) is 0 Å². The molecular weight excluding hydrogens is 548 g/mol. The second-order valence-electron chi connectivity index (χ2n) is 16.9. The molecule has 0 spiro atoms. The van der Waals surface area contributed by atoms with Gasteiger partial charge in [0.25, 0.3) is 0 Å². The van der Waals surface area contributed by atoms with Gasteiger partial charge in [0.05, 0.1) is 5.41 Å². The molecule has 0 bridgehead atoms. The summed E-state index contributed by atoms with van der Waals surface area (Å²) >= 11 is 0. The summed E-state index contributed by atoms with van der Waals surface area (Å²) in [6.07, 6.45) is 13.2. The van der Waals surface area contributed by atoms with E-state index < -0.39 is 11.4 Å². The van der Waals surface area contributed by atoms with Crippen molar-refractivity contribution >= 4 is 18.0 Å². The highest BCUT2D eigenvalue weighted by Gasteiger charge is 2.72. The van der Waals surface area contributed by atoms with Crippen LogP contribution in [0.4, 0.5) is 0 Å². The normalized spacial score (nSPS) is 44.1. The molecule has 2 N–H and O–H groups in total. The van der Waals surface area contributed by atoms with Crippen molar-refractivity contribution in [1.82, 2.24) is 0 Å². The molecule has 5 nitrogen and oxygen atoms in total. The predicted octanol–water partition coefficient (Wildman–Crippen LogP) is 9.06. The summed E-state index contributed by atoms with van der Waals surface area (Å²) < 4.78 is 6.19. The first kappa shape index (κ1) is 31.4. The van der Waals surface area contributed by atoms with Gasteiger partial charge < -0.3 is 14.9 Å². The topological polar surface area (TPSA) is 83.8 Å². The first-order chi connectivity index (χ1) is 20.6. The fourth-order valence-electron chi connectivity index (χ4n) is 12.6. The second kappa shape index (κ2) is 10.5. The number of aliphatic carboxylic acids is 1. The van der Waals surface area contributed by atoms with Crippen LogP contribution >= 0.6 is 0 Å². The van der Waals surface area contributed by atoms with E-state index in [1.165, 1.54) is 11.6 Å². The van der Waals surface area contributed by atoms with Crippen LogP contribution in [0.3, 0.4) is 0 Å². The van der Waals surface area contributed by atoms with E-state index in [9.17, 15) is 19.8 Å².